The number of hydrogen-bond donors (Lipinski definition) is 1. The summed E-state index contributed by atoms with van der Waals surface area (Å²) in [6, 6.07) is 6.51. The van der Waals surface area contributed by atoms with Crippen LogP contribution in [0.4, 0.5) is 4.39 Å². The lowest BCUT2D eigenvalue weighted by molar-refractivity contribution is -0.119. The Morgan fingerprint density at radius 2 is 1.96 bits per heavy atom. The van der Waals surface area contributed by atoms with Gasteiger partial charge in [0.2, 0.25) is 5.91 Å². The van der Waals surface area contributed by atoms with E-state index in [1.54, 1.807) is 12.1 Å². The zero-order valence-corrected chi connectivity index (χ0v) is 16.3. The normalized spacial score (nSPS) is 15.1. The molecule has 0 bridgehead atoms. The Bertz CT molecular complexity index is 939. The highest BCUT2D eigenvalue weighted by Gasteiger charge is 2.18. The molecule has 5 nitrogen and oxygen atoms in total. The number of thioether (sulfide) groups is 1. The van der Waals surface area contributed by atoms with Crippen LogP contribution in [0, 0.1) is 5.82 Å². The number of carbonyl (C=O) groups is 1. The van der Waals surface area contributed by atoms with E-state index in [0.29, 0.717) is 17.5 Å². The van der Waals surface area contributed by atoms with Crippen LogP contribution < -0.4 is 5.32 Å². The minimum Gasteiger partial charge on any atom is -0.353 e. The average Bonchev–Trinajstić information content (AvgIpc) is 3.12. The molecule has 8 heteroatoms. The third-order valence-corrected chi connectivity index (χ3v) is 6.61. The van der Waals surface area contributed by atoms with Crippen molar-refractivity contribution in [2.75, 3.05) is 5.75 Å². The Hall–Kier alpha value is -2.06. The number of amides is 1. The lowest BCUT2D eigenvalue weighted by Crippen LogP contribution is -2.37. The lowest BCUT2D eigenvalue weighted by atomic mass is 9.95. The van der Waals surface area contributed by atoms with Crippen LogP contribution in [0.2, 0.25) is 0 Å². The first kappa shape index (κ1) is 18.3. The molecule has 0 spiro atoms. The van der Waals surface area contributed by atoms with Gasteiger partial charge in [-0.05, 0) is 48.6 Å². The number of nitrogens with zero attached hydrogens (tertiary/aromatic N) is 3. The SMILES string of the molecule is O=C(CSc1ncnc2c(-c3ccc(F)cc3)nsc12)NC1CCCCC1. The fourth-order valence-corrected chi connectivity index (χ4v) is 5.02. The van der Waals surface area contributed by atoms with Crippen molar-refractivity contribution in [1.29, 1.82) is 0 Å². The first-order chi connectivity index (χ1) is 13.2. The highest BCUT2D eigenvalue weighted by molar-refractivity contribution is 8.00. The molecular formula is C19H19FN4OS2. The quantitative estimate of drug-likeness (QED) is 0.505. The summed E-state index contributed by atoms with van der Waals surface area (Å²) in [7, 11) is 0. The molecule has 1 N–H and O–H groups in total. The first-order valence-corrected chi connectivity index (χ1v) is 10.7. The van der Waals surface area contributed by atoms with Gasteiger partial charge in [0.25, 0.3) is 0 Å². The van der Waals surface area contributed by atoms with Crippen LogP contribution in [-0.4, -0.2) is 32.0 Å². The predicted molar refractivity (Wildman–Crippen MR) is 106 cm³/mol. The second kappa shape index (κ2) is 8.31. The Balaban J connectivity index is 1.48. The van der Waals surface area contributed by atoms with E-state index in [-0.39, 0.29) is 11.7 Å². The number of carbonyl (C=O) groups excluding carboxylic acids is 1. The molecule has 1 amide bonds. The smallest absolute Gasteiger partial charge is 0.230 e. The molecule has 1 aliphatic carbocycles. The van der Waals surface area contributed by atoms with Crippen molar-refractivity contribution < 1.29 is 9.18 Å². The maximum Gasteiger partial charge on any atom is 0.230 e. The minimum absolute atomic E-state index is 0.0435. The molecule has 1 fully saturated rings. The van der Waals surface area contributed by atoms with Crippen LogP contribution >= 0.6 is 23.3 Å². The van der Waals surface area contributed by atoms with Gasteiger partial charge in [-0.2, -0.15) is 4.37 Å². The average molecular weight is 403 g/mol. The number of rotatable bonds is 5. The summed E-state index contributed by atoms with van der Waals surface area (Å²) in [6.45, 7) is 0. The number of halogens is 1. The Labute approximate surface area is 165 Å². The second-order valence-corrected chi connectivity index (χ2v) is 8.32. The molecule has 4 rings (SSSR count). The van der Waals surface area contributed by atoms with E-state index in [9.17, 15) is 9.18 Å². The molecule has 27 heavy (non-hydrogen) atoms. The van der Waals surface area contributed by atoms with Crippen molar-refractivity contribution in [2.24, 2.45) is 0 Å². The Morgan fingerprint density at radius 1 is 1.19 bits per heavy atom. The van der Waals surface area contributed by atoms with E-state index < -0.39 is 0 Å². The van der Waals surface area contributed by atoms with Gasteiger partial charge in [0, 0.05) is 11.6 Å². The van der Waals surface area contributed by atoms with Crippen LogP contribution in [0.5, 0.6) is 0 Å². The monoisotopic (exact) mass is 402 g/mol. The molecular weight excluding hydrogens is 383 g/mol. The molecule has 0 radical (unpaired) electrons. The van der Waals surface area contributed by atoms with Gasteiger partial charge in [0.15, 0.2) is 0 Å². The van der Waals surface area contributed by atoms with Crippen LogP contribution in [-0.2, 0) is 4.79 Å². The summed E-state index contributed by atoms with van der Waals surface area (Å²) < 4.78 is 18.5. The summed E-state index contributed by atoms with van der Waals surface area (Å²) in [5, 5.41) is 3.88. The van der Waals surface area contributed by atoms with Gasteiger partial charge in [0.05, 0.1) is 5.75 Å². The van der Waals surface area contributed by atoms with Crippen molar-refractivity contribution in [1.82, 2.24) is 19.7 Å². The topological polar surface area (TPSA) is 67.8 Å². The van der Waals surface area contributed by atoms with Crippen molar-refractivity contribution in [3.8, 4) is 11.3 Å². The molecule has 1 saturated carbocycles. The van der Waals surface area contributed by atoms with Gasteiger partial charge in [-0.3, -0.25) is 4.79 Å². The van der Waals surface area contributed by atoms with Crippen LogP contribution in [0.15, 0.2) is 35.6 Å². The molecule has 0 unspecified atom stereocenters. The molecule has 1 aliphatic rings. The van der Waals surface area contributed by atoms with Crippen molar-refractivity contribution in [3.63, 3.8) is 0 Å². The summed E-state index contributed by atoms with van der Waals surface area (Å²) in [5.41, 5.74) is 2.26. The van der Waals surface area contributed by atoms with Gasteiger partial charge in [-0.25, -0.2) is 14.4 Å². The van der Waals surface area contributed by atoms with Crippen molar-refractivity contribution in [3.05, 3.63) is 36.4 Å². The summed E-state index contributed by atoms with van der Waals surface area (Å²) in [6.07, 6.45) is 7.29. The van der Waals surface area contributed by atoms with Gasteiger partial charge < -0.3 is 5.32 Å². The van der Waals surface area contributed by atoms with E-state index in [2.05, 4.69) is 19.7 Å². The van der Waals surface area contributed by atoms with E-state index in [4.69, 9.17) is 0 Å². The molecule has 3 aromatic rings. The zero-order chi connectivity index (χ0) is 18.6. The number of benzene rings is 1. The predicted octanol–water partition coefficient (Wildman–Crippen LogP) is 4.43. The highest BCUT2D eigenvalue weighted by Crippen LogP contribution is 2.34. The molecule has 0 aliphatic heterocycles. The molecule has 0 atom stereocenters. The van der Waals surface area contributed by atoms with Crippen LogP contribution in [0.25, 0.3) is 21.5 Å². The summed E-state index contributed by atoms with van der Waals surface area (Å²) >= 11 is 2.71. The van der Waals surface area contributed by atoms with E-state index in [1.165, 1.54) is 61.0 Å². The minimum atomic E-state index is -0.284. The van der Waals surface area contributed by atoms with E-state index >= 15 is 0 Å². The van der Waals surface area contributed by atoms with Gasteiger partial charge >= 0.3 is 0 Å². The standard InChI is InChI=1S/C19H19FN4OS2/c20-13-8-6-12(7-9-13)16-17-18(27-24-16)19(22-11-21-17)26-10-15(25)23-14-4-2-1-3-5-14/h6-9,11,14H,1-5,10H2,(H,23,25). The molecule has 0 saturated heterocycles. The maximum absolute atomic E-state index is 13.2. The number of aromatic nitrogens is 3. The molecule has 1 aromatic carbocycles. The summed E-state index contributed by atoms with van der Waals surface area (Å²) in [5.74, 6) is 0.0851. The van der Waals surface area contributed by atoms with Crippen molar-refractivity contribution in [2.45, 2.75) is 43.2 Å². The van der Waals surface area contributed by atoms with Gasteiger partial charge in [-0.1, -0.05) is 31.0 Å². The number of hydrogen-bond acceptors (Lipinski definition) is 6. The third kappa shape index (κ3) is 4.27. The van der Waals surface area contributed by atoms with Crippen LogP contribution in [0.3, 0.4) is 0 Å². The maximum atomic E-state index is 13.2. The molecule has 2 heterocycles. The fraction of sp³-hybridized carbons (Fsp3) is 0.368. The fourth-order valence-electron chi connectivity index (χ4n) is 3.29. The largest absolute Gasteiger partial charge is 0.353 e. The third-order valence-electron chi connectivity index (χ3n) is 4.65. The van der Waals surface area contributed by atoms with E-state index in [1.807, 2.05) is 0 Å². The number of nitrogens with one attached hydrogen (secondary N) is 1. The summed E-state index contributed by atoms with van der Waals surface area (Å²) in [4.78, 5) is 20.9. The first-order valence-electron chi connectivity index (χ1n) is 8.99. The Morgan fingerprint density at radius 3 is 2.74 bits per heavy atom. The molecule has 140 valence electrons. The highest BCUT2D eigenvalue weighted by atomic mass is 32.2. The van der Waals surface area contributed by atoms with Gasteiger partial charge in [0.1, 0.15) is 33.1 Å². The number of fused-ring (bicyclic) bond motifs is 1. The lowest BCUT2D eigenvalue weighted by Gasteiger charge is -2.22. The van der Waals surface area contributed by atoms with E-state index in [0.717, 1.165) is 33.6 Å². The second-order valence-electron chi connectivity index (χ2n) is 6.59. The molecule has 2 aromatic heterocycles. The van der Waals surface area contributed by atoms with Crippen LogP contribution in [0.1, 0.15) is 32.1 Å². The zero-order valence-electron chi connectivity index (χ0n) is 14.7. The van der Waals surface area contributed by atoms with Crippen molar-refractivity contribution >= 4 is 39.4 Å². The van der Waals surface area contributed by atoms with Gasteiger partial charge in [-0.15, -0.1) is 0 Å². The Kier molecular flexibility index (Phi) is 5.63.